The van der Waals surface area contributed by atoms with E-state index in [1.165, 1.54) is 11.3 Å². The van der Waals surface area contributed by atoms with Crippen molar-refractivity contribution in [1.82, 2.24) is 15.3 Å². The molecule has 0 radical (unpaired) electrons. The summed E-state index contributed by atoms with van der Waals surface area (Å²) < 4.78 is 0. The maximum absolute atomic E-state index is 12.2. The van der Waals surface area contributed by atoms with Gasteiger partial charge < -0.3 is 11.1 Å². The lowest BCUT2D eigenvalue weighted by atomic mass is 10.1. The first kappa shape index (κ1) is 13.5. The second-order valence-electron chi connectivity index (χ2n) is 4.19. The highest BCUT2D eigenvalue weighted by molar-refractivity contribution is 7.09. The third kappa shape index (κ3) is 3.29. The predicted molar refractivity (Wildman–Crippen MR) is 76.0 cm³/mol. The minimum Gasteiger partial charge on any atom is -0.384 e. The van der Waals surface area contributed by atoms with E-state index < -0.39 is 0 Å². The maximum Gasteiger partial charge on any atom is 0.252 e. The summed E-state index contributed by atoms with van der Waals surface area (Å²) in [6, 6.07) is 3.23. The Morgan fingerprint density at radius 1 is 1.53 bits per heavy atom. The van der Waals surface area contributed by atoms with Gasteiger partial charge in [0, 0.05) is 22.8 Å². The highest BCUT2D eigenvalue weighted by atomic mass is 32.1. The normalized spacial score (nSPS) is 12.1. The molecular formula is C13H16N4OS. The Morgan fingerprint density at radius 3 is 2.95 bits per heavy atom. The van der Waals surface area contributed by atoms with E-state index in [0.29, 0.717) is 11.4 Å². The molecule has 0 aliphatic rings. The Morgan fingerprint density at radius 2 is 2.32 bits per heavy atom. The van der Waals surface area contributed by atoms with Gasteiger partial charge in [0.1, 0.15) is 10.8 Å². The molecular weight excluding hydrogens is 260 g/mol. The Balaban J connectivity index is 2.13. The second kappa shape index (κ2) is 5.79. The fourth-order valence-corrected chi connectivity index (χ4v) is 2.36. The summed E-state index contributed by atoms with van der Waals surface area (Å²) in [4.78, 5) is 20.5. The summed E-state index contributed by atoms with van der Waals surface area (Å²) in [6.45, 7) is 3.88. The minimum absolute atomic E-state index is 0.119. The lowest BCUT2D eigenvalue weighted by molar-refractivity contribution is 0.0939. The van der Waals surface area contributed by atoms with Gasteiger partial charge in [0.05, 0.1) is 6.04 Å². The molecule has 0 bridgehead atoms. The first-order valence-electron chi connectivity index (χ1n) is 6.07. The average molecular weight is 276 g/mol. The summed E-state index contributed by atoms with van der Waals surface area (Å²) in [6.07, 6.45) is 2.47. The van der Waals surface area contributed by atoms with Crippen LogP contribution in [0.3, 0.4) is 0 Å². The van der Waals surface area contributed by atoms with Crippen LogP contribution in [0.4, 0.5) is 5.82 Å². The molecule has 0 spiro atoms. The fraction of sp³-hybridized carbons (Fsp3) is 0.308. The molecule has 2 aromatic rings. The van der Waals surface area contributed by atoms with Crippen molar-refractivity contribution in [3.63, 3.8) is 0 Å². The SMILES string of the molecule is CCc1cc(C(=O)NC(C)c2nccs2)cc(N)n1. The van der Waals surface area contributed by atoms with Crippen LogP contribution in [0.25, 0.3) is 0 Å². The van der Waals surface area contributed by atoms with Crippen molar-refractivity contribution in [2.24, 2.45) is 0 Å². The fourth-order valence-electron chi connectivity index (χ4n) is 1.71. The number of pyridine rings is 1. The molecule has 6 heteroatoms. The van der Waals surface area contributed by atoms with Gasteiger partial charge in [-0.3, -0.25) is 4.79 Å². The van der Waals surface area contributed by atoms with Crippen molar-refractivity contribution in [3.05, 3.63) is 40.0 Å². The number of hydrogen-bond acceptors (Lipinski definition) is 5. The Labute approximate surface area is 115 Å². The quantitative estimate of drug-likeness (QED) is 0.896. The first-order valence-corrected chi connectivity index (χ1v) is 6.94. The maximum atomic E-state index is 12.2. The van der Waals surface area contributed by atoms with Gasteiger partial charge in [0.25, 0.3) is 5.91 Å². The van der Waals surface area contributed by atoms with Crippen LogP contribution in [0.15, 0.2) is 23.7 Å². The van der Waals surface area contributed by atoms with Gasteiger partial charge in [-0.2, -0.15) is 0 Å². The molecule has 1 atom stereocenters. The zero-order valence-electron chi connectivity index (χ0n) is 10.9. The minimum atomic E-state index is -0.161. The number of nitrogens with two attached hydrogens (primary N) is 1. The Bertz CT molecular complexity index is 568. The third-order valence-electron chi connectivity index (χ3n) is 2.69. The van der Waals surface area contributed by atoms with Gasteiger partial charge in [-0.15, -0.1) is 11.3 Å². The molecule has 100 valence electrons. The number of hydrogen-bond donors (Lipinski definition) is 2. The Hall–Kier alpha value is -1.95. The van der Waals surface area contributed by atoms with Crippen molar-refractivity contribution < 1.29 is 4.79 Å². The van der Waals surface area contributed by atoms with E-state index in [-0.39, 0.29) is 11.9 Å². The van der Waals surface area contributed by atoms with E-state index in [1.807, 2.05) is 19.2 Å². The number of aromatic nitrogens is 2. The summed E-state index contributed by atoms with van der Waals surface area (Å²) in [5.41, 5.74) is 7.04. The van der Waals surface area contributed by atoms with Crippen LogP contribution in [0.2, 0.25) is 0 Å². The van der Waals surface area contributed by atoms with Gasteiger partial charge in [-0.05, 0) is 25.5 Å². The highest BCUT2D eigenvalue weighted by Crippen LogP contribution is 2.16. The number of nitrogen functional groups attached to an aromatic ring is 1. The van der Waals surface area contributed by atoms with Gasteiger partial charge in [0.2, 0.25) is 0 Å². The lowest BCUT2D eigenvalue weighted by Crippen LogP contribution is -2.26. The van der Waals surface area contributed by atoms with Crippen LogP contribution in [-0.4, -0.2) is 15.9 Å². The highest BCUT2D eigenvalue weighted by Gasteiger charge is 2.14. The van der Waals surface area contributed by atoms with Crippen LogP contribution in [-0.2, 0) is 6.42 Å². The topological polar surface area (TPSA) is 80.9 Å². The number of nitrogens with one attached hydrogen (secondary N) is 1. The molecule has 0 fully saturated rings. The monoisotopic (exact) mass is 276 g/mol. The van der Waals surface area contributed by atoms with Crippen molar-refractivity contribution in [1.29, 1.82) is 0 Å². The van der Waals surface area contributed by atoms with Crippen molar-refractivity contribution >= 4 is 23.1 Å². The van der Waals surface area contributed by atoms with E-state index in [2.05, 4.69) is 15.3 Å². The molecule has 19 heavy (non-hydrogen) atoms. The zero-order valence-corrected chi connectivity index (χ0v) is 11.7. The van der Waals surface area contributed by atoms with Crippen LogP contribution in [0, 0.1) is 0 Å². The average Bonchev–Trinajstić information content (AvgIpc) is 2.91. The lowest BCUT2D eigenvalue weighted by Gasteiger charge is -2.12. The Kier molecular flexibility index (Phi) is 4.11. The molecule has 5 nitrogen and oxygen atoms in total. The van der Waals surface area contributed by atoms with Gasteiger partial charge in [-0.1, -0.05) is 6.92 Å². The van der Waals surface area contributed by atoms with Crippen molar-refractivity contribution in [3.8, 4) is 0 Å². The summed E-state index contributed by atoms with van der Waals surface area (Å²) in [5, 5.41) is 5.67. The number of amides is 1. The molecule has 2 heterocycles. The third-order valence-corrected chi connectivity index (χ3v) is 3.65. The number of thiazole rings is 1. The molecule has 2 aromatic heterocycles. The van der Waals surface area contributed by atoms with E-state index in [9.17, 15) is 4.79 Å². The molecule has 0 aromatic carbocycles. The molecule has 1 unspecified atom stereocenters. The number of carbonyl (C=O) groups is 1. The van der Waals surface area contributed by atoms with Crippen molar-refractivity contribution in [2.75, 3.05) is 5.73 Å². The molecule has 0 aliphatic heterocycles. The van der Waals surface area contributed by atoms with E-state index in [0.717, 1.165) is 17.1 Å². The van der Waals surface area contributed by atoms with Crippen LogP contribution < -0.4 is 11.1 Å². The molecule has 0 aliphatic carbocycles. The van der Waals surface area contributed by atoms with Crippen LogP contribution >= 0.6 is 11.3 Å². The number of aryl methyl sites for hydroxylation is 1. The second-order valence-corrected chi connectivity index (χ2v) is 5.12. The standard InChI is InChI=1S/C13H16N4OS/c1-3-10-6-9(7-11(14)17-10)12(18)16-8(2)13-15-4-5-19-13/h4-8H,3H2,1-2H3,(H2,14,17)(H,16,18). The predicted octanol–water partition coefficient (Wildman–Crippen LogP) is 2.17. The van der Waals surface area contributed by atoms with Gasteiger partial charge in [0.15, 0.2) is 0 Å². The summed E-state index contributed by atoms with van der Waals surface area (Å²) >= 11 is 1.52. The summed E-state index contributed by atoms with van der Waals surface area (Å²) in [5.74, 6) is 0.206. The van der Waals surface area contributed by atoms with Crippen molar-refractivity contribution in [2.45, 2.75) is 26.3 Å². The largest absolute Gasteiger partial charge is 0.384 e. The van der Waals surface area contributed by atoms with E-state index in [4.69, 9.17) is 5.73 Å². The molecule has 0 saturated heterocycles. The molecule has 1 amide bonds. The molecule has 3 N–H and O–H groups in total. The first-order chi connectivity index (χ1) is 9.10. The molecule has 2 rings (SSSR count). The number of carbonyl (C=O) groups excluding carboxylic acids is 1. The van der Waals surface area contributed by atoms with Gasteiger partial charge >= 0.3 is 0 Å². The van der Waals surface area contributed by atoms with Gasteiger partial charge in [-0.25, -0.2) is 9.97 Å². The van der Waals surface area contributed by atoms with E-state index >= 15 is 0 Å². The van der Waals surface area contributed by atoms with Crippen LogP contribution in [0.5, 0.6) is 0 Å². The smallest absolute Gasteiger partial charge is 0.252 e. The summed E-state index contributed by atoms with van der Waals surface area (Å²) in [7, 11) is 0. The zero-order chi connectivity index (χ0) is 13.8. The van der Waals surface area contributed by atoms with E-state index in [1.54, 1.807) is 18.3 Å². The van der Waals surface area contributed by atoms with Crippen LogP contribution in [0.1, 0.15) is 40.9 Å². The number of nitrogens with zero attached hydrogens (tertiary/aromatic N) is 2. The molecule has 0 saturated carbocycles. The number of rotatable bonds is 4. The number of anilines is 1.